The summed E-state index contributed by atoms with van der Waals surface area (Å²) in [4.78, 5) is 8.84. The normalized spacial score (nSPS) is 11.7. The SMILES string of the molecule is CN=C(NCc1cn2c(C)cccc2n1)NCc1ccccc1Cl. The number of hydrogen-bond donors (Lipinski definition) is 2. The second-order valence-electron chi connectivity index (χ2n) is 5.50. The lowest BCUT2D eigenvalue weighted by molar-refractivity contribution is 0.798. The smallest absolute Gasteiger partial charge is 0.191 e. The summed E-state index contributed by atoms with van der Waals surface area (Å²) >= 11 is 6.17. The van der Waals surface area contributed by atoms with Gasteiger partial charge in [-0.2, -0.15) is 0 Å². The van der Waals surface area contributed by atoms with Crippen LogP contribution >= 0.6 is 11.6 Å². The van der Waals surface area contributed by atoms with Gasteiger partial charge in [-0.15, -0.1) is 0 Å². The van der Waals surface area contributed by atoms with Crippen molar-refractivity contribution < 1.29 is 0 Å². The van der Waals surface area contributed by atoms with Gasteiger partial charge in [0.1, 0.15) is 5.65 Å². The Hall–Kier alpha value is -2.53. The number of aliphatic imine (C=N–C) groups is 1. The maximum Gasteiger partial charge on any atom is 0.191 e. The summed E-state index contributed by atoms with van der Waals surface area (Å²) in [7, 11) is 1.75. The van der Waals surface area contributed by atoms with E-state index in [9.17, 15) is 0 Å². The summed E-state index contributed by atoms with van der Waals surface area (Å²) in [5.74, 6) is 0.712. The fraction of sp³-hybridized carbons (Fsp3) is 0.222. The molecule has 6 heteroatoms. The Kier molecular flexibility index (Phi) is 5.01. The Bertz CT molecular complexity index is 869. The lowest BCUT2D eigenvalue weighted by Crippen LogP contribution is -2.36. The standard InChI is InChI=1S/C18H20ClN5/c1-13-6-5-9-17-23-15(12-24(13)17)11-22-18(20-2)21-10-14-7-3-4-8-16(14)19/h3-9,12H,10-11H2,1-2H3,(H2,20,21,22). The van der Waals surface area contributed by atoms with Crippen molar-refractivity contribution in [2.75, 3.05) is 7.05 Å². The van der Waals surface area contributed by atoms with Crippen LogP contribution in [0.4, 0.5) is 0 Å². The molecule has 2 heterocycles. The van der Waals surface area contributed by atoms with E-state index < -0.39 is 0 Å². The van der Waals surface area contributed by atoms with E-state index in [1.807, 2.05) is 42.6 Å². The third-order valence-corrected chi connectivity index (χ3v) is 4.18. The second-order valence-corrected chi connectivity index (χ2v) is 5.91. The van der Waals surface area contributed by atoms with E-state index in [0.29, 0.717) is 19.0 Å². The lowest BCUT2D eigenvalue weighted by Gasteiger charge is -2.11. The molecule has 2 aromatic heterocycles. The van der Waals surface area contributed by atoms with Crippen molar-refractivity contribution in [3.8, 4) is 0 Å². The molecule has 0 unspecified atom stereocenters. The van der Waals surface area contributed by atoms with Crippen molar-refractivity contribution in [1.82, 2.24) is 20.0 Å². The molecule has 0 bridgehead atoms. The minimum Gasteiger partial charge on any atom is -0.352 e. The maximum atomic E-state index is 6.17. The number of hydrogen-bond acceptors (Lipinski definition) is 2. The van der Waals surface area contributed by atoms with Crippen molar-refractivity contribution >= 4 is 23.2 Å². The molecule has 0 amide bonds. The van der Waals surface area contributed by atoms with Gasteiger partial charge in [0.05, 0.1) is 12.2 Å². The summed E-state index contributed by atoms with van der Waals surface area (Å²) in [6.45, 7) is 3.28. The molecule has 3 rings (SSSR count). The molecule has 0 aliphatic rings. The van der Waals surface area contributed by atoms with Gasteiger partial charge in [-0.05, 0) is 30.7 Å². The Morgan fingerprint density at radius 3 is 2.67 bits per heavy atom. The Balaban J connectivity index is 1.61. The summed E-state index contributed by atoms with van der Waals surface area (Å²) < 4.78 is 2.08. The monoisotopic (exact) mass is 341 g/mol. The molecule has 0 radical (unpaired) electrons. The molecule has 0 atom stereocenters. The molecule has 2 N–H and O–H groups in total. The summed E-state index contributed by atoms with van der Waals surface area (Å²) in [6, 6.07) is 13.8. The van der Waals surface area contributed by atoms with Crippen LogP contribution in [0.15, 0.2) is 53.7 Å². The van der Waals surface area contributed by atoms with Gasteiger partial charge in [-0.1, -0.05) is 35.9 Å². The Morgan fingerprint density at radius 2 is 1.92 bits per heavy atom. The number of halogens is 1. The van der Waals surface area contributed by atoms with Crippen molar-refractivity contribution in [3.63, 3.8) is 0 Å². The van der Waals surface area contributed by atoms with Crippen LogP contribution in [0.2, 0.25) is 5.02 Å². The van der Waals surface area contributed by atoms with Crippen LogP contribution in [-0.2, 0) is 13.1 Å². The molecule has 0 aliphatic carbocycles. The molecule has 124 valence electrons. The largest absolute Gasteiger partial charge is 0.352 e. The topological polar surface area (TPSA) is 53.7 Å². The third kappa shape index (κ3) is 3.68. The first kappa shape index (κ1) is 16.3. The minimum absolute atomic E-state index is 0.601. The van der Waals surface area contributed by atoms with Gasteiger partial charge in [0.15, 0.2) is 5.96 Å². The fourth-order valence-electron chi connectivity index (χ4n) is 2.50. The number of pyridine rings is 1. The van der Waals surface area contributed by atoms with Crippen LogP contribution < -0.4 is 10.6 Å². The highest BCUT2D eigenvalue weighted by atomic mass is 35.5. The van der Waals surface area contributed by atoms with Crippen LogP contribution in [0, 0.1) is 6.92 Å². The van der Waals surface area contributed by atoms with Gasteiger partial charge in [-0.25, -0.2) is 4.98 Å². The van der Waals surface area contributed by atoms with Gasteiger partial charge in [0.2, 0.25) is 0 Å². The average molecular weight is 342 g/mol. The fourth-order valence-corrected chi connectivity index (χ4v) is 2.70. The van der Waals surface area contributed by atoms with Crippen LogP contribution in [0.3, 0.4) is 0 Å². The minimum atomic E-state index is 0.601. The Morgan fingerprint density at radius 1 is 1.12 bits per heavy atom. The molecule has 24 heavy (non-hydrogen) atoms. The molecule has 5 nitrogen and oxygen atoms in total. The van der Waals surface area contributed by atoms with Gasteiger partial charge in [0, 0.05) is 30.5 Å². The maximum absolute atomic E-state index is 6.17. The van der Waals surface area contributed by atoms with Gasteiger partial charge in [-0.3, -0.25) is 4.99 Å². The zero-order chi connectivity index (χ0) is 16.9. The van der Waals surface area contributed by atoms with E-state index >= 15 is 0 Å². The predicted molar refractivity (Wildman–Crippen MR) is 98.4 cm³/mol. The highest BCUT2D eigenvalue weighted by Crippen LogP contribution is 2.14. The number of aromatic nitrogens is 2. The molecule has 0 spiro atoms. The van der Waals surface area contributed by atoms with E-state index in [-0.39, 0.29) is 0 Å². The number of nitrogens with zero attached hydrogens (tertiary/aromatic N) is 3. The van der Waals surface area contributed by atoms with E-state index in [4.69, 9.17) is 11.6 Å². The molecule has 1 aromatic carbocycles. The van der Waals surface area contributed by atoms with E-state index in [1.54, 1.807) is 7.05 Å². The van der Waals surface area contributed by atoms with E-state index in [0.717, 1.165) is 27.6 Å². The third-order valence-electron chi connectivity index (χ3n) is 3.81. The molecular formula is C18H20ClN5. The quantitative estimate of drug-likeness (QED) is 0.566. The van der Waals surface area contributed by atoms with Crippen LogP contribution in [0.5, 0.6) is 0 Å². The first-order chi connectivity index (χ1) is 11.7. The summed E-state index contributed by atoms with van der Waals surface area (Å²) in [5, 5.41) is 7.28. The number of fused-ring (bicyclic) bond motifs is 1. The molecule has 0 saturated carbocycles. The number of imidazole rings is 1. The van der Waals surface area contributed by atoms with Gasteiger partial charge >= 0.3 is 0 Å². The number of guanidine groups is 1. The number of benzene rings is 1. The number of aryl methyl sites for hydroxylation is 1. The first-order valence-electron chi connectivity index (χ1n) is 7.79. The number of nitrogens with one attached hydrogen (secondary N) is 2. The van der Waals surface area contributed by atoms with Gasteiger partial charge < -0.3 is 15.0 Å². The highest BCUT2D eigenvalue weighted by molar-refractivity contribution is 6.31. The molecule has 0 fully saturated rings. The molecule has 0 aliphatic heterocycles. The van der Waals surface area contributed by atoms with Crippen LogP contribution in [0.25, 0.3) is 5.65 Å². The summed E-state index contributed by atoms with van der Waals surface area (Å²) in [5.41, 5.74) is 4.11. The van der Waals surface area contributed by atoms with E-state index in [2.05, 4.69) is 38.0 Å². The zero-order valence-electron chi connectivity index (χ0n) is 13.8. The average Bonchev–Trinajstić information content (AvgIpc) is 3.01. The molecule has 0 saturated heterocycles. The predicted octanol–water partition coefficient (Wildman–Crippen LogP) is 3.16. The zero-order valence-corrected chi connectivity index (χ0v) is 14.5. The molecule has 3 aromatic rings. The highest BCUT2D eigenvalue weighted by Gasteiger charge is 2.05. The van der Waals surface area contributed by atoms with Crippen LogP contribution in [-0.4, -0.2) is 22.4 Å². The lowest BCUT2D eigenvalue weighted by atomic mass is 10.2. The van der Waals surface area contributed by atoms with E-state index in [1.165, 1.54) is 0 Å². The van der Waals surface area contributed by atoms with Crippen molar-refractivity contribution in [3.05, 3.63) is 70.6 Å². The summed E-state index contributed by atoms with van der Waals surface area (Å²) in [6.07, 6.45) is 2.04. The Labute approximate surface area is 146 Å². The number of rotatable bonds is 4. The van der Waals surface area contributed by atoms with Crippen LogP contribution in [0.1, 0.15) is 17.0 Å². The molecular weight excluding hydrogens is 322 g/mol. The van der Waals surface area contributed by atoms with Gasteiger partial charge in [0.25, 0.3) is 0 Å². The van der Waals surface area contributed by atoms with Crippen molar-refractivity contribution in [1.29, 1.82) is 0 Å². The van der Waals surface area contributed by atoms with Crippen molar-refractivity contribution in [2.24, 2.45) is 4.99 Å². The second kappa shape index (κ2) is 7.36. The first-order valence-corrected chi connectivity index (χ1v) is 8.16. The van der Waals surface area contributed by atoms with Crippen molar-refractivity contribution in [2.45, 2.75) is 20.0 Å².